The number of benzene rings is 1. The maximum Gasteiger partial charge on any atom is 0.509 e. The second-order valence-electron chi connectivity index (χ2n) is 9.73. The molecule has 1 aliphatic heterocycles. The zero-order valence-electron chi connectivity index (χ0n) is 19.4. The first-order valence-electron chi connectivity index (χ1n) is 11.6. The predicted molar refractivity (Wildman–Crippen MR) is 119 cm³/mol. The Morgan fingerprint density at radius 3 is 2.79 bits per heavy atom. The standard InChI is InChI=1S/C25H29NO8/c1-4-10-33-22(30)34-25-9-8-16(27)12-24(25)13-23(14-26(20(23)25)21(29)32-5-2)11-15-6-7-17(31-3)19(28)18(15)24/h4,6-7,20,28H,1,5,8-14H2,2-3H3. The highest BCUT2D eigenvalue weighted by molar-refractivity contribution is 5.84. The van der Waals surface area contributed by atoms with Crippen molar-refractivity contribution >= 4 is 18.0 Å². The Kier molecular flexibility index (Phi) is 5.07. The van der Waals surface area contributed by atoms with Gasteiger partial charge in [0.1, 0.15) is 18.0 Å². The summed E-state index contributed by atoms with van der Waals surface area (Å²) in [5.74, 6) is 0.251. The van der Waals surface area contributed by atoms with E-state index in [4.69, 9.17) is 18.9 Å². The number of ether oxygens (including phenoxy) is 4. The molecule has 1 amide bonds. The van der Waals surface area contributed by atoms with Gasteiger partial charge in [0.2, 0.25) is 0 Å². The number of ketones is 1. The van der Waals surface area contributed by atoms with Crippen LogP contribution in [-0.4, -0.2) is 66.5 Å². The Hall–Kier alpha value is -3.23. The lowest BCUT2D eigenvalue weighted by atomic mass is 9.57. The maximum absolute atomic E-state index is 12.9. The van der Waals surface area contributed by atoms with Gasteiger partial charge in [0.15, 0.2) is 11.5 Å². The molecule has 5 rings (SSSR count). The molecule has 1 aromatic carbocycles. The number of rotatable bonds is 5. The number of hydrogen-bond donors (Lipinski definition) is 1. The first-order valence-corrected chi connectivity index (χ1v) is 11.6. The number of fused-ring (bicyclic) bond motifs is 2. The summed E-state index contributed by atoms with van der Waals surface area (Å²) in [4.78, 5) is 40.3. The Morgan fingerprint density at radius 1 is 1.29 bits per heavy atom. The van der Waals surface area contributed by atoms with Crippen molar-refractivity contribution in [2.75, 3.05) is 26.9 Å². The van der Waals surface area contributed by atoms with Gasteiger partial charge in [-0.15, -0.1) is 0 Å². The second-order valence-corrected chi connectivity index (χ2v) is 9.73. The summed E-state index contributed by atoms with van der Waals surface area (Å²) >= 11 is 0. The molecule has 3 fully saturated rings. The molecule has 1 saturated heterocycles. The average Bonchev–Trinajstić information content (AvgIpc) is 2.92. The maximum atomic E-state index is 12.9. The van der Waals surface area contributed by atoms with Crippen molar-refractivity contribution in [1.29, 1.82) is 0 Å². The molecular formula is C25H29NO8. The van der Waals surface area contributed by atoms with Gasteiger partial charge < -0.3 is 24.1 Å². The minimum Gasteiger partial charge on any atom is -0.504 e. The number of nitrogens with zero attached hydrogens (tertiary/aromatic N) is 1. The Bertz CT molecular complexity index is 1080. The number of aromatic hydroxyl groups is 1. The van der Waals surface area contributed by atoms with Crippen LogP contribution in [0.5, 0.6) is 11.5 Å². The van der Waals surface area contributed by atoms with Crippen molar-refractivity contribution in [2.24, 2.45) is 5.41 Å². The SMILES string of the molecule is C=CCOC(=O)OC12CCC(=O)CC13CC1(Cc4ccc(OC)c(O)c43)CN(C(=O)OCC)C12. The normalized spacial score (nSPS) is 32.5. The third-order valence-corrected chi connectivity index (χ3v) is 8.11. The summed E-state index contributed by atoms with van der Waals surface area (Å²) in [5, 5.41) is 11.3. The molecule has 4 unspecified atom stereocenters. The molecule has 2 bridgehead atoms. The number of phenols is 1. The highest BCUT2D eigenvalue weighted by atomic mass is 16.7. The van der Waals surface area contributed by atoms with Crippen LogP contribution in [0.15, 0.2) is 24.8 Å². The van der Waals surface area contributed by atoms with E-state index in [0.717, 1.165) is 5.56 Å². The number of amides is 1. The van der Waals surface area contributed by atoms with Crippen molar-refractivity contribution in [1.82, 2.24) is 4.90 Å². The topological polar surface area (TPSA) is 112 Å². The van der Waals surface area contributed by atoms with Gasteiger partial charge in [-0.25, -0.2) is 9.59 Å². The lowest BCUT2D eigenvalue weighted by Crippen LogP contribution is -2.73. The fraction of sp³-hybridized carbons (Fsp3) is 0.560. The molecule has 4 atom stereocenters. The minimum absolute atomic E-state index is 0.0212. The number of phenolic OH excluding ortho intramolecular Hbond substituents is 1. The van der Waals surface area contributed by atoms with E-state index in [2.05, 4.69) is 6.58 Å². The van der Waals surface area contributed by atoms with Crippen LogP contribution in [0.25, 0.3) is 0 Å². The van der Waals surface area contributed by atoms with Crippen LogP contribution in [0.3, 0.4) is 0 Å². The molecule has 1 heterocycles. The number of carbonyl (C=O) groups excluding carboxylic acids is 3. The highest BCUT2D eigenvalue weighted by Crippen LogP contribution is 2.73. The first kappa shape index (κ1) is 22.6. The molecule has 182 valence electrons. The smallest absolute Gasteiger partial charge is 0.504 e. The highest BCUT2D eigenvalue weighted by Gasteiger charge is 2.82. The van der Waals surface area contributed by atoms with E-state index in [1.807, 2.05) is 6.07 Å². The van der Waals surface area contributed by atoms with Crippen LogP contribution in [0.4, 0.5) is 9.59 Å². The summed E-state index contributed by atoms with van der Waals surface area (Å²) in [6, 6.07) is 3.08. The Balaban J connectivity index is 1.72. The number of hydrogen-bond acceptors (Lipinski definition) is 8. The summed E-state index contributed by atoms with van der Waals surface area (Å²) in [6.45, 7) is 5.90. The van der Waals surface area contributed by atoms with Crippen LogP contribution in [-0.2, 0) is 30.8 Å². The van der Waals surface area contributed by atoms with Gasteiger partial charge in [-0.05, 0) is 37.8 Å². The third-order valence-electron chi connectivity index (χ3n) is 8.11. The molecular weight excluding hydrogens is 442 g/mol. The van der Waals surface area contributed by atoms with E-state index in [-0.39, 0.29) is 49.8 Å². The summed E-state index contributed by atoms with van der Waals surface area (Å²) < 4.78 is 22.1. The summed E-state index contributed by atoms with van der Waals surface area (Å²) in [6.07, 6.45) is 1.63. The molecule has 0 radical (unpaired) electrons. The molecule has 2 spiro atoms. The van der Waals surface area contributed by atoms with Gasteiger partial charge in [0, 0.05) is 35.8 Å². The number of methoxy groups -OCH3 is 1. The zero-order valence-corrected chi connectivity index (χ0v) is 19.4. The van der Waals surface area contributed by atoms with E-state index in [1.165, 1.54) is 13.2 Å². The van der Waals surface area contributed by atoms with Crippen LogP contribution < -0.4 is 4.74 Å². The number of Topliss-reactive ketones (excluding diaryl/α,β-unsaturated/α-hetero) is 1. The Morgan fingerprint density at radius 2 is 2.09 bits per heavy atom. The minimum atomic E-state index is -1.26. The molecule has 9 nitrogen and oxygen atoms in total. The zero-order chi connectivity index (χ0) is 24.3. The van der Waals surface area contributed by atoms with Gasteiger partial charge in [-0.2, -0.15) is 0 Å². The monoisotopic (exact) mass is 471 g/mol. The lowest BCUT2D eigenvalue weighted by molar-refractivity contribution is -0.162. The summed E-state index contributed by atoms with van der Waals surface area (Å²) in [5.41, 5.74) is -1.25. The van der Waals surface area contributed by atoms with E-state index < -0.39 is 34.7 Å². The Labute approximate surface area is 197 Å². The van der Waals surface area contributed by atoms with Crippen LogP contribution in [0, 0.1) is 5.41 Å². The quantitative estimate of drug-likeness (QED) is 0.515. The predicted octanol–water partition coefficient (Wildman–Crippen LogP) is 3.26. The molecule has 3 aliphatic carbocycles. The van der Waals surface area contributed by atoms with Crippen molar-refractivity contribution in [3.8, 4) is 11.5 Å². The molecule has 0 aromatic heterocycles. The van der Waals surface area contributed by atoms with Crippen LogP contribution >= 0.6 is 0 Å². The van der Waals surface area contributed by atoms with Gasteiger partial charge >= 0.3 is 12.2 Å². The van der Waals surface area contributed by atoms with Crippen LogP contribution in [0.1, 0.15) is 43.7 Å². The van der Waals surface area contributed by atoms with E-state index >= 15 is 0 Å². The van der Waals surface area contributed by atoms with Gasteiger partial charge in [0.05, 0.1) is 19.8 Å². The van der Waals surface area contributed by atoms with E-state index in [1.54, 1.807) is 17.9 Å². The van der Waals surface area contributed by atoms with Crippen molar-refractivity contribution in [3.63, 3.8) is 0 Å². The number of carbonyl (C=O) groups is 3. The summed E-state index contributed by atoms with van der Waals surface area (Å²) in [7, 11) is 1.46. The molecule has 1 N–H and O–H groups in total. The largest absolute Gasteiger partial charge is 0.509 e. The molecule has 1 aromatic rings. The fourth-order valence-corrected chi connectivity index (χ4v) is 7.31. The van der Waals surface area contributed by atoms with Gasteiger partial charge in [0.25, 0.3) is 0 Å². The molecule has 9 heteroatoms. The molecule has 4 aliphatic rings. The average molecular weight is 472 g/mol. The van der Waals surface area contributed by atoms with Crippen molar-refractivity contribution in [3.05, 3.63) is 35.9 Å². The molecule has 2 saturated carbocycles. The van der Waals surface area contributed by atoms with Crippen LogP contribution in [0.2, 0.25) is 0 Å². The van der Waals surface area contributed by atoms with Crippen molar-refractivity contribution < 1.29 is 38.4 Å². The van der Waals surface area contributed by atoms with E-state index in [0.29, 0.717) is 24.9 Å². The second kappa shape index (κ2) is 7.65. The van der Waals surface area contributed by atoms with E-state index in [9.17, 15) is 19.5 Å². The number of likely N-dealkylation sites (tertiary alicyclic amines) is 1. The third kappa shape index (κ3) is 2.75. The first-order chi connectivity index (χ1) is 16.3. The van der Waals surface area contributed by atoms with Gasteiger partial charge in [-0.3, -0.25) is 9.69 Å². The van der Waals surface area contributed by atoms with Crippen molar-refractivity contribution in [2.45, 2.75) is 56.1 Å². The fourth-order valence-electron chi connectivity index (χ4n) is 7.31. The van der Waals surface area contributed by atoms with Gasteiger partial charge in [-0.1, -0.05) is 18.7 Å². The molecule has 34 heavy (non-hydrogen) atoms. The lowest BCUT2D eigenvalue weighted by Gasteiger charge is -2.57.